The third kappa shape index (κ3) is 4.93. The molecular weight excluding hydrogens is 429 g/mol. The molecule has 1 unspecified atom stereocenters. The molecule has 7 nitrogen and oxygen atoms in total. The number of carbonyl (C=O) groups excluding carboxylic acids is 3. The summed E-state index contributed by atoms with van der Waals surface area (Å²) in [7, 11) is 1.19. The summed E-state index contributed by atoms with van der Waals surface area (Å²) in [5.41, 5.74) is -0.971. The molecule has 30 heavy (non-hydrogen) atoms. The van der Waals surface area contributed by atoms with Gasteiger partial charge in [-0.15, -0.1) is 0 Å². The summed E-state index contributed by atoms with van der Waals surface area (Å²) in [6.07, 6.45) is -6.18. The number of nitrogens with one attached hydrogen (secondary N) is 2. The summed E-state index contributed by atoms with van der Waals surface area (Å²) in [6, 6.07) is 2.86. The number of alkyl halides is 3. The molecule has 0 spiro atoms. The molecule has 1 aromatic carbocycles. The van der Waals surface area contributed by atoms with E-state index in [2.05, 4.69) is 15.0 Å². The van der Waals surface area contributed by atoms with E-state index in [1.54, 1.807) is 6.92 Å². The van der Waals surface area contributed by atoms with Crippen molar-refractivity contribution in [2.75, 3.05) is 12.4 Å². The standard InChI is InChI=1S/C19H18ClF3N2O5/c1-8-14(17(27)29-4)9(2)24-15(8)18(28)30-10(3)16(26)25-13-6-5-11(20)7-12(13)19(21,22)23/h5-7,10,24H,1-4H3,(H,25,26). The highest BCUT2D eigenvalue weighted by Crippen LogP contribution is 2.36. The fourth-order valence-corrected chi connectivity index (χ4v) is 2.90. The van der Waals surface area contributed by atoms with Gasteiger partial charge in [-0.2, -0.15) is 13.2 Å². The molecule has 0 aliphatic heterocycles. The minimum atomic E-state index is -4.75. The summed E-state index contributed by atoms with van der Waals surface area (Å²) in [6.45, 7) is 4.23. The normalized spacial score (nSPS) is 12.3. The third-order valence-electron chi connectivity index (χ3n) is 4.23. The number of aromatic nitrogens is 1. The number of methoxy groups -OCH3 is 1. The number of carbonyl (C=O) groups is 3. The Kier molecular flexibility index (Phi) is 6.81. The van der Waals surface area contributed by atoms with E-state index < -0.39 is 41.4 Å². The van der Waals surface area contributed by atoms with Crippen molar-refractivity contribution in [2.45, 2.75) is 33.1 Å². The molecule has 11 heteroatoms. The summed E-state index contributed by atoms with van der Waals surface area (Å²) in [4.78, 5) is 39.2. The first kappa shape index (κ1) is 23.3. The van der Waals surface area contributed by atoms with Gasteiger partial charge in [0.25, 0.3) is 5.91 Å². The molecule has 0 saturated carbocycles. The molecule has 1 heterocycles. The Balaban J connectivity index is 2.18. The van der Waals surface area contributed by atoms with Crippen molar-refractivity contribution in [1.29, 1.82) is 0 Å². The molecule has 2 N–H and O–H groups in total. The first-order valence-corrected chi connectivity index (χ1v) is 8.90. The first-order chi connectivity index (χ1) is 13.9. The largest absolute Gasteiger partial charge is 0.465 e. The summed E-state index contributed by atoms with van der Waals surface area (Å²) in [5.74, 6) is -2.60. The van der Waals surface area contributed by atoms with Crippen molar-refractivity contribution < 1.29 is 37.0 Å². The quantitative estimate of drug-likeness (QED) is 0.668. The number of H-pyrrole nitrogens is 1. The maximum Gasteiger partial charge on any atom is 0.418 e. The van der Waals surface area contributed by atoms with Gasteiger partial charge in [0.05, 0.1) is 23.9 Å². The molecule has 0 fully saturated rings. The highest BCUT2D eigenvalue weighted by Gasteiger charge is 2.35. The van der Waals surface area contributed by atoms with Crippen molar-refractivity contribution in [3.63, 3.8) is 0 Å². The predicted molar refractivity (Wildman–Crippen MR) is 102 cm³/mol. The Morgan fingerprint density at radius 2 is 1.80 bits per heavy atom. The van der Waals surface area contributed by atoms with E-state index in [1.165, 1.54) is 27.0 Å². The van der Waals surface area contributed by atoms with Gasteiger partial charge in [0.15, 0.2) is 6.10 Å². The lowest BCUT2D eigenvalue weighted by atomic mass is 10.1. The van der Waals surface area contributed by atoms with Gasteiger partial charge < -0.3 is 19.8 Å². The van der Waals surface area contributed by atoms with Crippen molar-refractivity contribution in [1.82, 2.24) is 4.98 Å². The zero-order valence-corrected chi connectivity index (χ0v) is 17.1. The number of anilines is 1. The molecule has 0 aliphatic carbocycles. The molecular formula is C19H18ClF3N2O5. The van der Waals surface area contributed by atoms with Crippen LogP contribution in [0.15, 0.2) is 18.2 Å². The second-order valence-corrected chi connectivity index (χ2v) is 6.78. The van der Waals surface area contributed by atoms with Crippen LogP contribution in [0.3, 0.4) is 0 Å². The zero-order chi connectivity index (χ0) is 22.8. The van der Waals surface area contributed by atoms with Crippen LogP contribution in [0.5, 0.6) is 0 Å². The lowest BCUT2D eigenvalue weighted by molar-refractivity contribution is -0.137. The summed E-state index contributed by atoms with van der Waals surface area (Å²) >= 11 is 5.60. The second-order valence-electron chi connectivity index (χ2n) is 6.34. The van der Waals surface area contributed by atoms with Gasteiger partial charge in [0.1, 0.15) is 5.69 Å². The van der Waals surface area contributed by atoms with Gasteiger partial charge in [-0.1, -0.05) is 11.6 Å². The fourth-order valence-electron chi connectivity index (χ4n) is 2.73. The van der Waals surface area contributed by atoms with E-state index in [-0.39, 0.29) is 21.8 Å². The number of esters is 2. The molecule has 1 atom stereocenters. The van der Waals surface area contributed by atoms with Gasteiger partial charge in [-0.05, 0) is 44.5 Å². The number of aryl methyl sites for hydroxylation is 1. The number of hydrogen-bond acceptors (Lipinski definition) is 5. The zero-order valence-electron chi connectivity index (χ0n) is 16.4. The van der Waals surface area contributed by atoms with E-state index in [1.807, 2.05) is 0 Å². The van der Waals surface area contributed by atoms with Crippen LogP contribution in [0.2, 0.25) is 5.02 Å². The molecule has 1 aromatic heterocycles. The van der Waals surface area contributed by atoms with Crippen LogP contribution in [-0.2, 0) is 20.4 Å². The van der Waals surface area contributed by atoms with Crippen molar-refractivity contribution in [2.24, 2.45) is 0 Å². The Morgan fingerprint density at radius 3 is 2.37 bits per heavy atom. The minimum absolute atomic E-state index is 0.0741. The Hall–Kier alpha value is -3.01. The average Bonchev–Trinajstić information content (AvgIpc) is 2.95. The topological polar surface area (TPSA) is 97.5 Å². The SMILES string of the molecule is COC(=O)c1c(C)[nH]c(C(=O)OC(C)C(=O)Nc2ccc(Cl)cc2C(F)(F)F)c1C. The van der Waals surface area contributed by atoms with Crippen LogP contribution in [0.1, 0.15) is 44.6 Å². The number of ether oxygens (including phenoxy) is 2. The van der Waals surface area contributed by atoms with Crippen LogP contribution in [-0.4, -0.2) is 36.0 Å². The number of amides is 1. The molecule has 2 aromatic rings. The molecule has 0 bridgehead atoms. The maximum absolute atomic E-state index is 13.2. The first-order valence-electron chi connectivity index (χ1n) is 8.52. The smallest absolute Gasteiger partial charge is 0.418 e. The number of rotatable bonds is 5. The lowest BCUT2D eigenvalue weighted by Gasteiger charge is -2.17. The van der Waals surface area contributed by atoms with Crippen LogP contribution in [0.4, 0.5) is 18.9 Å². The Morgan fingerprint density at radius 1 is 1.17 bits per heavy atom. The molecule has 2 rings (SSSR count). The van der Waals surface area contributed by atoms with Crippen LogP contribution < -0.4 is 5.32 Å². The third-order valence-corrected chi connectivity index (χ3v) is 4.46. The number of hydrogen-bond donors (Lipinski definition) is 2. The maximum atomic E-state index is 13.2. The van der Waals surface area contributed by atoms with Crippen LogP contribution in [0.25, 0.3) is 0 Å². The van der Waals surface area contributed by atoms with E-state index >= 15 is 0 Å². The lowest BCUT2D eigenvalue weighted by Crippen LogP contribution is -2.31. The molecule has 0 saturated heterocycles. The van der Waals surface area contributed by atoms with E-state index in [0.29, 0.717) is 11.8 Å². The summed E-state index contributed by atoms with van der Waals surface area (Å²) < 4.78 is 49.1. The van der Waals surface area contributed by atoms with Gasteiger partial charge in [-0.25, -0.2) is 9.59 Å². The monoisotopic (exact) mass is 446 g/mol. The molecule has 0 radical (unpaired) electrons. The number of halogens is 4. The molecule has 0 aliphatic rings. The van der Waals surface area contributed by atoms with Gasteiger partial charge in [0.2, 0.25) is 0 Å². The van der Waals surface area contributed by atoms with Crippen LogP contribution in [0, 0.1) is 13.8 Å². The second kappa shape index (κ2) is 8.78. The highest BCUT2D eigenvalue weighted by atomic mass is 35.5. The fraction of sp³-hybridized carbons (Fsp3) is 0.316. The van der Waals surface area contributed by atoms with Crippen LogP contribution >= 0.6 is 11.6 Å². The summed E-state index contributed by atoms with van der Waals surface area (Å²) in [5, 5.41) is 1.93. The van der Waals surface area contributed by atoms with Gasteiger partial charge in [-0.3, -0.25) is 4.79 Å². The van der Waals surface area contributed by atoms with Crippen molar-refractivity contribution >= 4 is 35.1 Å². The van der Waals surface area contributed by atoms with E-state index in [0.717, 1.165) is 6.07 Å². The van der Waals surface area contributed by atoms with E-state index in [9.17, 15) is 27.6 Å². The number of aromatic amines is 1. The van der Waals surface area contributed by atoms with Crippen molar-refractivity contribution in [3.8, 4) is 0 Å². The Bertz CT molecular complexity index is 1000. The van der Waals surface area contributed by atoms with Gasteiger partial charge >= 0.3 is 18.1 Å². The predicted octanol–water partition coefficient (Wildman–Crippen LogP) is 4.27. The molecule has 1 amide bonds. The Labute approximate surface area is 174 Å². The van der Waals surface area contributed by atoms with Gasteiger partial charge in [0, 0.05) is 10.7 Å². The minimum Gasteiger partial charge on any atom is -0.465 e. The molecule has 162 valence electrons. The average molecular weight is 447 g/mol. The van der Waals surface area contributed by atoms with Crippen molar-refractivity contribution in [3.05, 3.63) is 51.3 Å². The highest BCUT2D eigenvalue weighted by molar-refractivity contribution is 6.30. The van der Waals surface area contributed by atoms with E-state index in [4.69, 9.17) is 16.3 Å². The number of benzene rings is 1.